The van der Waals surface area contributed by atoms with Gasteiger partial charge in [-0.15, -0.1) is 0 Å². The van der Waals surface area contributed by atoms with Gasteiger partial charge in [0.05, 0.1) is 6.54 Å². The van der Waals surface area contributed by atoms with Crippen molar-refractivity contribution in [3.05, 3.63) is 35.4 Å². The van der Waals surface area contributed by atoms with Crippen molar-refractivity contribution < 1.29 is 14.3 Å². The number of nitrogens with zero attached hydrogens (tertiary/aromatic N) is 1. The molecule has 1 amide bonds. The molecule has 1 rings (SSSR count). The second-order valence-electron chi connectivity index (χ2n) is 5.91. The lowest BCUT2D eigenvalue weighted by molar-refractivity contribution is -0.110. The minimum Gasteiger partial charge on any atom is -0.354 e. The number of carbonyl (C=O) groups excluding carboxylic acids is 1. The molecule has 0 aliphatic rings. The molecule has 0 radical (unpaired) electrons. The first-order valence-electron chi connectivity index (χ1n) is 6.71. The standard InChI is InChI=1S/C16H25NO3/c1-16(2,3)13-9-7-12(8-10-13)15(18)17(4)11-14(19-5)20-6/h7-10,14H,11H2,1-6H3. The van der Waals surface area contributed by atoms with Crippen molar-refractivity contribution in [3.63, 3.8) is 0 Å². The van der Waals surface area contributed by atoms with E-state index >= 15 is 0 Å². The van der Waals surface area contributed by atoms with Gasteiger partial charge in [0, 0.05) is 26.8 Å². The number of rotatable bonds is 5. The maximum absolute atomic E-state index is 12.3. The highest BCUT2D eigenvalue weighted by molar-refractivity contribution is 5.94. The molecule has 0 saturated heterocycles. The summed E-state index contributed by atoms with van der Waals surface area (Å²) < 4.78 is 10.2. The van der Waals surface area contributed by atoms with Crippen LogP contribution in [0.4, 0.5) is 0 Å². The van der Waals surface area contributed by atoms with E-state index in [0.717, 1.165) is 0 Å². The van der Waals surface area contributed by atoms with Crippen LogP contribution in [0.5, 0.6) is 0 Å². The Balaban J connectivity index is 2.77. The molecule has 0 atom stereocenters. The quantitative estimate of drug-likeness (QED) is 0.778. The Bertz CT molecular complexity index is 430. The molecule has 4 heteroatoms. The summed E-state index contributed by atoms with van der Waals surface area (Å²) >= 11 is 0. The molecular formula is C16H25NO3. The maximum Gasteiger partial charge on any atom is 0.253 e. The van der Waals surface area contributed by atoms with E-state index < -0.39 is 6.29 Å². The predicted molar refractivity (Wildman–Crippen MR) is 79.9 cm³/mol. The van der Waals surface area contributed by atoms with Crippen LogP contribution in [0, 0.1) is 0 Å². The van der Waals surface area contributed by atoms with Crippen LogP contribution in [-0.2, 0) is 14.9 Å². The Labute approximate surface area is 121 Å². The molecule has 0 heterocycles. The minimum absolute atomic E-state index is 0.0374. The zero-order valence-electron chi connectivity index (χ0n) is 13.3. The Morgan fingerprint density at radius 1 is 1.15 bits per heavy atom. The van der Waals surface area contributed by atoms with E-state index in [1.165, 1.54) is 5.56 Å². The molecule has 0 spiro atoms. The summed E-state index contributed by atoms with van der Waals surface area (Å²) in [6, 6.07) is 7.75. The number of methoxy groups -OCH3 is 2. The van der Waals surface area contributed by atoms with Crippen LogP contribution in [0.25, 0.3) is 0 Å². The van der Waals surface area contributed by atoms with Crippen molar-refractivity contribution in [3.8, 4) is 0 Å². The summed E-state index contributed by atoms with van der Waals surface area (Å²) in [6.45, 7) is 6.85. The third-order valence-electron chi connectivity index (χ3n) is 3.29. The molecule has 0 aromatic heterocycles. The molecule has 0 bridgehead atoms. The van der Waals surface area contributed by atoms with E-state index in [0.29, 0.717) is 12.1 Å². The van der Waals surface area contributed by atoms with Gasteiger partial charge in [0.25, 0.3) is 5.91 Å². The van der Waals surface area contributed by atoms with Crippen molar-refractivity contribution in [1.29, 1.82) is 0 Å². The summed E-state index contributed by atoms with van der Waals surface area (Å²) in [5, 5.41) is 0. The van der Waals surface area contributed by atoms with E-state index in [1.54, 1.807) is 26.2 Å². The van der Waals surface area contributed by atoms with Crippen molar-refractivity contribution in [1.82, 2.24) is 4.90 Å². The number of benzene rings is 1. The van der Waals surface area contributed by atoms with Crippen LogP contribution < -0.4 is 0 Å². The molecule has 1 aromatic rings. The van der Waals surface area contributed by atoms with Crippen LogP contribution >= 0.6 is 0 Å². The summed E-state index contributed by atoms with van der Waals surface area (Å²) in [6.07, 6.45) is -0.405. The molecule has 4 nitrogen and oxygen atoms in total. The number of carbonyl (C=O) groups is 1. The van der Waals surface area contributed by atoms with Crippen molar-refractivity contribution >= 4 is 5.91 Å². The molecule has 112 valence electrons. The third-order valence-corrected chi connectivity index (χ3v) is 3.29. The average Bonchev–Trinajstić information content (AvgIpc) is 2.42. The largest absolute Gasteiger partial charge is 0.354 e. The number of hydrogen-bond donors (Lipinski definition) is 0. The maximum atomic E-state index is 12.3. The topological polar surface area (TPSA) is 38.8 Å². The predicted octanol–water partition coefficient (Wildman–Crippen LogP) is 2.68. The Hall–Kier alpha value is -1.39. The molecule has 0 N–H and O–H groups in total. The highest BCUT2D eigenvalue weighted by Gasteiger charge is 2.18. The fourth-order valence-electron chi connectivity index (χ4n) is 1.89. The summed E-state index contributed by atoms with van der Waals surface area (Å²) in [4.78, 5) is 13.9. The summed E-state index contributed by atoms with van der Waals surface area (Å²) in [7, 11) is 4.86. The third kappa shape index (κ3) is 4.32. The lowest BCUT2D eigenvalue weighted by Gasteiger charge is -2.23. The second kappa shape index (κ2) is 6.86. The van der Waals surface area contributed by atoms with Gasteiger partial charge in [-0.2, -0.15) is 0 Å². The zero-order chi connectivity index (χ0) is 15.3. The molecule has 0 fully saturated rings. The molecule has 20 heavy (non-hydrogen) atoms. The Morgan fingerprint density at radius 3 is 2.05 bits per heavy atom. The lowest BCUT2D eigenvalue weighted by atomic mass is 9.86. The number of likely N-dealkylation sites (N-methyl/N-ethyl adjacent to an activating group) is 1. The van der Waals surface area contributed by atoms with E-state index in [2.05, 4.69) is 20.8 Å². The van der Waals surface area contributed by atoms with Crippen LogP contribution in [0.3, 0.4) is 0 Å². The number of ether oxygens (including phenoxy) is 2. The monoisotopic (exact) mass is 279 g/mol. The first-order chi connectivity index (χ1) is 9.29. The van der Waals surface area contributed by atoms with E-state index in [1.807, 2.05) is 24.3 Å². The van der Waals surface area contributed by atoms with Crippen molar-refractivity contribution in [2.75, 3.05) is 27.8 Å². The van der Waals surface area contributed by atoms with Crippen LogP contribution in [0.2, 0.25) is 0 Å². The molecule has 0 aliphatic carbocycles. The fourth-order valence-corrected chi connectivity index (χ4v) is 1.89. The van der Waals surface area contributed by atoms with Gasteiger partial charge in [0.2, 0.25) is 0 Å². The number of amides is 1. The molecular weight excluding hydrogens is 254 g/mol. The van der Waals surface area contributed by atoms with Crippen molar-refractivity contribution in [2.45, 2.75) is 32.5 Å². The van der Waals surface area contributed by atoms with Crippen LogP contribution in [0.1, 0.15) is 36.7 Å². The normalized spacial score (nSPS) is 11.8. The zero-order valence-corrected chi connectivity index (χ0v) is 13.3. The molecule has 0 aliphatic heterocycles. The lowest BCUT2D eigenvalue weighted by Crippen LogP contribution is -2.36. The summed E-state index contributed by atoms with van der Waals surface area (Å²) in [5.41, 5.74) is 1.97. The van der Waals surface area contributed by atoms with Gasteiger partial charge in [0.15, 0.2) is 6.29 Å². The number of hydrogen-bond acceptors (Lipinski definition) is 3. The Morgan fingerprint density at radius 2 is 1.65 bits per heavy atom. The Kier molecular flexibility index (Phi) is 5.72. The first-order valence-corrected chi connectivity index (χ1v) is 6.71. The van der Waals surface area contributed by atoms with Crippen LogP contribution in [0.15, 0.2) is 24.3 Å². The van der Waals surface area contributed by atoms with Gasteiger partial charge >= 0.3 is 0 Å². The van der Waals surface area contributed by atoms with Gasteiger partial charge < -0.3 is 14.4 Å². The smallest absolute Gasteiger partial charge is 0.253 e. The van der Waals surface area contributed by atoms with E-state index in [-0.39, 0.29) is 11.3 Å². The SMILES string of the molecule is COC(CN(C)C(=O)c1ccc(C(C)(C)C)cc1)OC. The van der Waals surface area contributed by atoms with Crippen molar-refractivity contribution in [2.24, 2.45) is 0 Å². The summed E-state index contributed by atoms with van der Waals surface area (Å²) in [5.74, 6) is -0.0374. The minimum atomic E-state index is -0.405. The van der Waals surface area contributed by atoms with Gasteiger partial charge in [-0.05, 0) is 23.1 Å². The highest BCUT2D eigenvalue weighted by atomic mass is 16.7. The second-order valence-corrected chi connectivity index (χ2v) is 5.91. The van der Waals surface area contributed by atoms with Gasteiger partial charge in [-0.1, -0.05) is 32.9 Å². The first kappa shape index (κ1) is 16.7. The fraction of sp³-hybridized carbons (Fsp3) is 0.562. The molecule has 0 saturated carbocycles. The molecule has 1 aromatic carbocycles. The van der Waals surface area contributed by atoms with Crippen LogP contribution in [-0.4, -0.2) is 44.9 Å². The average molecular weight is 279 g/mol. The van der Waals surface area contributed by atoms with E-state index in [4.69, 9.17) is 9.47 Å². The molecule has 0 unspecified atom stereocenters. The van der Waals surface area contributed by atoms with Gasteiger partial charge in [-0.25, -0.2) is 0 Å². The van der Waals surface area contributed by atoms with Gasteiger partial charge in [-0.3, -0.25) is 4.79 Å². The van der Waals surface area contributed by atoms with Gasteiger partial charge in [0.1, 0.15) is 0 Å². The highest BCUT2D eigenvalue weighted by Crippen LogP contribution is 2.22. The van der Waals surface area contributed by atoms with E-state index in [9.17, 15) is 4.79 Å².